The Morgan fingerprint density at radius 2 is 2.00 bits per heavy atom. The maximum atomic E-state index is 11.5. The molecule has 0 heterocycles. The fourth-order valence-electron chi connectivity index (χ4n) is 2.31. The van der Waals surface area contributed by atoms with Crippen LogP contribution in [0.3, 0.4) is 0 Å². The lowest BCUT2D eigenvalue weighted by molar-refractivity contribution is -0.122. The molecule has 1 aliphatic rings. The van der Waals surface area contributed by atoms with E-state index in [9.17, 15) is 4.79 Å². The molecule has 1 aliphatic carbocycles. The highest BCUT2D eigenvalue weighted by molar-refractivity contribution is 5.78. The molecule has 0 aromatic rings. The van der Waals surface area contributed by atoms with Gasteiger partial charge in [0.15, 0.2) is 0 Å². The van der Waals surface area contributed by atoms with Crippen molar-refractivity contribution in [1.29, 1.82) is 0 Å². The zero-order chi connectivity index (χ0) is 11.3. The zero-order valence-electron chi connectivity index (χ0n) is 10.3. The Hall–Kier alpha value is -0.570. The summed E-state index contributed by atoms with van der Waals surface area (Å²) in [7, 11) is 2.04. The van der Waals surface area contributed by atoms with Gasteiger partial charge in [-0.2, -0.15) is 0 Å². The molecular weight excluding hydrogens is 188 g/mol. The molecule has 15 heavy (non-hydrogen) atoms. The zero-order valence-corrected chi connectivity index (χ0v) is 10.3. The van der Waals surface area contributed by atoms with E-state index >= 15 is 0 Å². The predicted molar refractivity (Wildman–Crippen MR) is 62.7 cm³/mol. The molecule has 1 saturated carbocycles. The Balaban J connectivity index is 2.16. The van der Waals surface area contributed by atoms with E-state index in [2.05, 4.69) is 10.2 Å². The Morgan fingerprint density at radius 3 is 2.53 bits per heavy atom. The highest BCUT2D eigenvalue weighted by Gasteiger charge is 2.17. The number of rotatable bonds is 5. The average molecular weight is 212 g/mol. The number of nitrogens with zero attached hydrogens (tertiary/aromatic N) is 1. The Morgan fingerprint density at radius 1 is 1.40 bits per heavy atom. The van der Waals surface area contributed by atoms with Crippen LogP contribution in [0.4, 0.5) is 0 Å². The minimum Gasteiger partial charge on any atom is -0.353 e. The molecule has 1 fully saturated rings. The van der Waals surface area contributed by atoms with Crippen LogP contribution < -0.4 is 5.32 Å². The molecule has 3 heteroatoms. The first-order chi connectivity index (χ1) is 7.08. The maximum absolute atomic E-state index is 11.5. The lowest BCUT2D eigenvalue weighted by Gasteiger charge is -2.20. The highest BCUT2D eigenvalue weighted by Crippen LogP contribution is 2.24. The lowest BCUT2D eigenvalue weighted by Crippen LogP contribution is -2.39. The second-order valence-corrected chi connectivity index (χ2v) is 5.07. The van der Waals surface area contributed by atoms with Gasteiger partial charge in [-0.3, -0.25) is 9.69 Å². The molecule has 88 valence electrons. The molecule has 0 spiro atoms. The van der Waals surface area contributed by atoms with Gasteiger partial charge < -0.3 is 5.32 Å². The van der Waals surface area contributed by atoms with Gasteiger partial charge in [0.2, 0.25) is 5.91 Å². The molecule has 1 rings (SSSR count). The van der Waals surface area contributed by atoms with E-state index in [0.717, 1.165) is 12.5 Å². The number of hydrogen-bond acceptors (Lipinski definition) is 2. The van der Waals surface area contributed by atoms with Crippen molar-refractivity contribution in [3.8, 4) is 0 Å². The molecule has 0 unspecified atom stereocenters. The van der Waals surface area contributed by atoms with Crippen molar-refractivity contribution in [2.24, 2.45) is 5.92 Å². The molecular formula is C12H24N2O. The van der Waals surface area contributed by atoms with Crippen LogP contribution in [0.1, 0.15) is 39.5 Å². The Kier molecular flexibility index (Phi) is 5.09. The van der Waals surface area contributed by atoms with Crippen LogP contribution in [0.25, 0.3) is 0 Å². The van der Waals surface area contributed by atoms with Gasteiger partial charge in [-0.1, -0.05) is 12.8 Å². The summed E-state index contributed by atoms with van der Waals surface area (Å²) in [5.41, 5.74) is 0. The molecule has 0 aliphatic heterocycles. The summed E-state index contributed by atoms with van der Waals surface area (Å²) in [6, 6.07) is 0.248. The predicted octanol–water partition coefficient (Wildman–Crippen LogP) is 1.63. The number of amides is 1. The van der Waals surface area contributed by atoms with Crippen molar-refractivity contribution in [3.05, 3.63) is 0 Å². The quantitative estimate of drug-likeness (QED) is 0.751. The average Bonchev–Trinajstić information content (AvgIpc) is 2.53. The van der Waals surface area contributed by atoms with Crippen LogP contribution in [0, 0.1) is 5.92 Å². The van der Waals surface area contributed by atoms with Gasteiger partial charge in [-0.25, -0.2) is 0 Å². The van der Waals surface area contributed by atoms with Gasteiger partial charge in [0.25, 0.3) is 0 Å². The van der Waals surface area contributed by atoms with Crippen LogP contribution in [-0.4, -0.2) is 37.0 Å². The van der Waals surface area contributed by atoms with Crippen molar-refractivity contribution in [2.75, 3.05) is 20.1 Å². The summed E-state index contributed by atoms with van der Waals surface area (Å²) in [5, 5.41) is 2.92. The van der Waals surface area contributed by atoms with Crippen molar-refractivity contribution in [3.63, 3.8) is 0 Å². The van der Waals surface area contributed by atoms with E-state index in [1.54, 1.807) is 0 Å². The summed E-state index contributed by atoms with van der Waals surface area (Å²) in [4.78, 5) is 13.6. The number of carbonyl (C=O) groups is 1. The van der Waals surface area contributed by atoms with Crippen LogP contribution >= 0.6 is 0 Å². The van der Waals surface area contributed by atoms with E-state index in [1.807, 2.05) is 20.9 Å². The van der Waals surface area contributed by atoms with Crippen molar-refractivity contribution >= 4 is 5.91 Å². The fourth-order valence-corrected chi connectivity index (χ4v) is 2.31. The minimum atomic E-state index is 0.144. The standard InChI is InChI=1S/C12H24N2O/c1-10(2)13-12(15)9-14(3)8-11-6-4-5-7-11/h10-11H,4-9H2,1-3H3,(H,13,15). The van der Waals surface area contributed by atoms with Gasteiger partial charge in [0, 0.05) is 12.6 Å². The molecule has 0 saturated heterocycles. The van der Waals surface area contributed by atoms with Gasteiger partial charge in [-0.05, 0) is 39.7 Å². The van der Waals surface area contributed by atoms with Gasteiger partial charge in [-0.15, -0.1) is 0 Å². The summed E-state index contributed by atoms with van der Waals surface area (Å²) < 4.78 is 0. The second kappa shape index (κ2) is 6.11. The maximum Gasteiger partial charge on any atom is 0.234 e. The Bertz CT molecular complexity index is 198. The molecule has 0 radical (unpaired) electrons. The molecule has 1 amide bonds. The summed E-state index contributed by atoms with van der Waals surface area (Å²) >= 11 is 0. The van der Waals surface area contributed by atoms with E-state index in [4.69, 9.17) is 0 Å². The summed E-state index contributed by atoms with van der Waals surface area (Å²) in [6.07, 6.45) is 5.43. The SMILES string of the molecule is CC(C)NC(=O)CN(C)CC1CCCC1. The van der Waals surface area contributed by atoms with Crippen molar-refractivity contribution in [1.82, 2.24) is 10.2 Å². The number of nitrogens with one attached hydrogen (secondary N) is 1. The van der Waals surface area contributed by atoms with Crippen LogP contribution in [0.2, 0.25) is 0 Å². The first-order valence-corrected chi connectivity index (χ1v) is 6.06. The fraction of sp³-hybridized carbons (Fsp3) is 0.917. The molecule has 0 aromatic carbocycles. The normalized spacial score (nSPS) is 17.7. The third-order valence-corrected chi connectivity index (χ3v) is 2.91. The monoisotopic (exact) mass is 212 g/mol. The topological polar surface area (TPSA) is 32.3 Å². The third kappa shape index (κ3) is 5.17. The molecule has 0 bridgehead atoms. The second-order valence-electron chi connectivity index (χ2n) is 5.07. The van der Waals surface area contributed by atoms with Gasteiger partial charge in [0.1, 0.15) is 0 Å². The van der Waals surface area contributed by atoms with E-state index in [0.29, 0.717) is 6.54 Å². The van der Waals surface area contributed by atoms with Gasteiger partial charge in [0.05, 0.1) is 6.54 Å². The van der Waals surface area contributed by atoms with E-state index < -0.39 is 0 Å². The number of likely N-dealkylation sites (N-methyl/N-ethyl adjacent to an activating group) is 1. The third-order valence-electron chi connectivity index (χ3n) is 2.91. The first-order valence-electron chi connectivity index (χ1n) is 6.06. The molecule has 1 N–H and O–H groups in total. The largest absolute Gasteiger partial charge is 0.353 e. The van der Waals surface area contributed by atoms with E-state index in [1.165, 1.54) is 25.7 Å². The lowest BCUT2D eigenvalue weighted by atomic mass is 10.1. The summed E-state index contributed by atoms with van der Waals surface area (Å²) in [5.74, 6) is 0.965. The van der Waals surface area contributed by atoms with E-state index in [-0.39, 0.29) is 11.9 Å². The summed E-state index contributed by atoms with van der Waals surface area (Å²) in [6.45, 7) is 5.60. The number of carbonyl (C=O) groups excluding carboxylic acids is 1. The minimum absolute atomic E-state index is 0.144. The number of hydrogen-bond donors (Lipinski definition) is 1. The van der Waals surface area contributed by atoms with Gasteiger partial charge >= 0.3 is 0 Å². The smallest absolute Gasteiger partial charge is 0.234 e. The van der Waals surface area contributed by atoms with Crippen LogP contribution in [-0.2, 0) is 4.79 Å². The van der Waals surface area contributed by atoms with Crippen LogP contribution in [0.15, 0.2) is 0 Å². The Labute approximate surface area is 93.2 Å². The molecule has 0 atom stereocenters. The van der Waals surface area contributed by atoms with Crippen LogP contribution in [0.5, 0.6) is 0 Å². The highest BCUT2D eigenvalue weighted by atomic mass is 16.2. The van der Waals surface area contributed by atoms with Crippen molar-refractivity contribution in [2.45, 2.75) is 45.6 Å². The molecule has 3 nitrogen and oxygen atoms in total. The molecule has 0 aromatic heterocycles. The van der Waals surface area contributed by atoms with Crippen molar-refractivity contribution < 1.29 is 4.79 Å². The first kappa shape index (κ1) is 12.5.